The number of hydrazone groups is 1. The first-order valence-electron chi connectivity index (χ1n) is 7.72. The number of halogens is 2. The molecule has 0 aliphatic carbocycles. The van der Waals surface area contributed by atoms with Crippen molar-refractivity contribution in [2.45, 2.75) is 0 Å². The second-order valence-electron chi connectivity index (χ2n) is 5.55. The summed E-state index contributed by atoms with van der Waals surface area (Å²) < 4.78 is 6.29. The van der Waals surface area contributed by atoms with E-state index in [4.69, 9.17) is 4.74 Å². The molecule has 0 spiro atoms. The molecule has 3 rings (SSSR count). The summed E-state index contributed by atoms with van der Waals surface area (Å²) in [5.74, 6) is -0.592. The van der Waals surface area contributed by atoms with Crippen molar-refractivity contribution in [2.75, 3.05) is 7.11 Å². The SMILES string of the molecule is COc1cc(Br)c(Br)c(C=NNC(=O)c2cc3ccccc3cc2O)c1O. The van der Waals surface area contributed by atoms with Gasteiger partial charge in [0.05, 0.1) is 24.5 Å². The molecule has 8 heteroatoms. The lowest BCUT2D eigenvalue weighted by Gasteiger charge is -2.10. The Bertz CT molecular complexity index is 1070. The molecule has 138 valence electrons. The molecule has 3 N–H and O–H groups in total. The summed E-state index contributed by atoms with van der Waals surface area (Å²) in [5, 5.41) is 25.8. The molecule has 0 bridgehead atoms. The number of benzene rings is 3. The van der Waals surface area contributed by atoms with Gasteiger partial charge in [0.15, 0.2) is 11.5 Å². The maximum Gasteiger partial charge on any atom is 0.275 e. The van der Waals surface area contributed by atoms with Gasteiger partial charge in [-0.15, -0.1) is 0 Å². The summed E-state index contributed by atoms with van der Waals surface area (Å²) in [6.45, 7) is 0. The molecule has 0 aliphatic rings. The van der Waals surface area contributed by atoms with Crippen molar-refractivity contribution in [3.05, 3.63) is 62.5 Å². The summed E-state index contributed by atoms with van der Waals surface area (Å²) in [5.41, 5.74) is 2.77. The van der Waals surface area contributed by atoms with Gasteiger partial charge in [0.2, 0.25) is 0 Å². The van der Waals surface area contributed by atoms with E-state index in [1.165, 1.54) is 19.4 Å². The summed E-state index contributed by atoms with van der Waals surface area (Å²) in [4.78, 5) is 12.4. The maximum absolute atomic E-state index is 12.4. The highest BCUT2D eigenvalue weighted by molar-refractivity contribution is 9.13. The van der Waals surface area contributed by atoms with Crippen LogP contribution < -0.4 is 10.2 Å². The van der Waals surface area contributed by atoms with Gasteiger partial charge in [0.25, 0.3) is 5.91 Å². The number of phenols is 2. The first-order chi connectivity index (χ1) is 12.9. The average Bonchev–Trinajstić information content (AvgIpc) is 2.66. The van der Waals surface area contributed by atoms with Crippen molar-refractivity contribution in [1.29, 1.82) is 0 Å². The Hall–Kier alpha value is -2.58. The Morgan fingerprint density at radius 1 is 1.15 bits per heavy atom. The van der Waals surface area contributed by atoms with Gasteiger partial charge in [-0.3, -0.25) is 4.79 Å². The van der Waals surface area contributed by atoms with Crippen LogP contribution in [-0.2, 0) is 0 Å². The van der Waals surface area contributed by atoms with E-state index in [1.807, 2.05) is 24.3 Å². The molecular weight excluding hydrogens is 480 g/mol. The lowest BCUT2D eigenvalue weighted by molar-refractivity contribution is 0.0952. The van der Waals surface area contributed by atoms with Crippen molar-refractivity contribution in [3.63, 3.8) is 0 Å². The summed E-state index contributed by atoms with van der Waals surface area (Å²) in [6.07, 6.45) is 1.28. The van der Waals surface area contributed by atoms with E-state index < -0.39 is 5.91 Å². The lowest BCUT2D eigenvalue weighted by atomic mass is 10.1. The van der Waals surface area contributed by atoms with Crippen molar-refractivity contribution >= 4 is 54.8 Å². The zero-order valence-corrected chi connectivity index (χ0v) is 17.2. The largest absolute Gasteiger partial charge is 0.507 e. The molecule has 0 radical (unpaired) electrons. The minimum absolute atomic E-state index is 0.0981. The Kier molecular flexibility index (Phi) is 5.67. The number of rotatable bonds is 4. The number of nitrogens with one attached hydrogen (secondary N) is 1. The van der Waals surface area contributed by atoms with Crippen molar-refractivity contribution in [1.82, 2.24) is 5.43 Å². The maximum atomic E-state index is 12.4. The van der Waals surface area contributed by atoms with E-state index in [-0.39, 0.29) is 22.8 Å². The fraction of sp³-hybridized carbons (Fsp3) is 0.0526. The van der Waals surface area contributed by atoms with Crippen LogP contribution in [0.1, 0.15) is 15.9 Å². The van der Waals surface area contributed by atoms with Crippen LogP contribution in [0.3, 0.4) is 0 Å². The van der Waals surface area contributed by atoms with Crippen LogP contribution in [0.4, 0.5) is 0 Å². The molecule has 0 aromatic heterocycles. The number of amides is 1. The Morgan fingerprint density at radius 2 is 1.81 bits per heavy atom. The molecule has 6 nitrogen and oxygen atoms in total. The van der Waals surface area contributed by atoms with Crippen LogP contribution in [-0.4, -0.2) is 29.4 Å². The number of phenolic OH excluding ortho intramolecular Hbond substituents is 2. The number of carbonyl (C=O) groups excluding carboxylic acids is 1. The normalized spacial score (nSPS) is 11.1. The zero-order chi connectivity index (χ0) is 19.6. The number of nitrogens with zero attached hydrogens (tertiary/aromatic N) is 1. The van der Waals surface area contributed by atoms with Crippen LogP contribution >= 0.6 is 31.9 Å². The van der Waals surface area contributed by atoms with Gasteiger partial charge in [0.1, 0.15) is 5.75 Å². The van der Waals surface area contributed by atoms with Crippen molar-refractivity contribution < 1.29 is 19.7 Å². The molecule has 0 atom stereocenters. The Balaban J connectivity index is 1.86. The molecule has 0 heterocycles. The first-order valence-corrected chi connectivity index (χ1v) is 9.31. The summed E-state index contributed by atoms with van der Waals surface area (Å²) in [6, 6.07) is 12.1. The predicted octanol–water partition coefficient (Wildman–Crippen LogP) is 4.55. The van der Waals surface area contributed by atoms with Crippen molar-refractivity contribution in [3.8, 4) is 17.2 Å². The van der Waals surface area contributed by atoms with Gasteiger partial charge in [-0.05, 0) is 60.8 Å². The average molecular weight is 494 g/mol. The molecule has 3 aromatic carbocycles. The zero-order valence-electron chi connectivity index (χ0n) is 14.0. The number of hydrogen-bond donors (Lipinski definition) is 3. The second-order valence-corrected chi connectivity index (χ2v) is 7.20. The molecule has 0 fully saturated rings. The number of fused-ring (bicyclic) bond motifs is 1. The molecule has 0 unspecified atom stereocenters. The number of methoxy groups -OCH3 is 1. The lowest BCUT2D eigenvalue weighted by Crippen LogP contribution is -2.17. The second kappa shape index (κ2) is 7.98. The molecule has 0 aliphatic heterocycles. The highest BCUT2D eigenvalue weighted by Gasteiger charge is 2.15. The van der Waals surface area contributed by atoms with Crippen LogP contribution in [0, 0.1) is 0 Å². The third kappa shape index (κ3) is 3.91. The molecule has 3 aromatic rings. The van der Waals surface area contributed by atoms with Gasteiger partial charge in [0, 0.05) is 8.95 Å². The quantitative estimate of drug-likeness (QED) is 0.367. The third-order valence-corrected chi connectivity index (χ3v) is 5.89. The number of hydrogen-bond acceptors (Lipinski definition) is 5. The van der Waals surface area contributed by atoms with E-state index >= 15 is 0 Å². The van der Waals surface area contributed by atoms with Crippen LogP contribution in [0.5, 0.6) is 17.2 Å². The topological polar surface area (TPSA) is 91.2 Å². The molecule has 0 saturated carbocycles. The van der Waals surface area contributed by atoms with Crippen LogP contribution in [0.2, 0.25) is 0 Å². The van der Waals surface area contributed by atoms with Gasteiger partial charge in [-0.2, -0.15) is 5.10 Å². The molecular formula is C19H14Br2N2O4. The number of carbonyl (C=O) groups is 1. The smallest absolute Gasteiger partial charge is 0.275 e. The fourth-order valence-electron chi connectivity index (χ4n) is 2.51. The number of ether oxygens (including phenoxy) is 1. The summed E-state index contributed by atoms with van der Waals surface area (Å²) >= 11 is 6.68. The highest BCUT2D eigenvalue weighted by atomic mass is 79.9. The Morgan fingerprint density at radius 3 is 2.48 bits per heavy atom. The van der Waals surface area contributed by atoms with E-state index in [9.17, 15) is 15.0 Å². The summed E-state index contributed by atoms with van der Waals surface area (Å²) in [7, 11) is 1.43. The van der Waals surface area contributed by atoms with E-state index in [0.717, 1.165) is 10.8 Å². The number of aromatic hydroxyl groups is 2. The van der Waals surface area contributed by atoms with Crippen molar-refractivity contribution in [2.24, 2.45) is 5.10 Å². The van der Waals surface area contributed by atoms with Crippen LogP contribution in [0.15, 0.2) is 56.5 Å². The fourth-order valence-corrected chi connectivity index (χ4v) is 3.34. The minimum Gasteiger partial charge on any atom is -0.507 e. The monoisotopic (exact) mass is 492 g/mol. The highest BCUT2D eigenvalue weighted by Crippen LogP contribution is 2.39. The standard InChI is InChI=1S/C19H14Br2N2O4/c1-27-16-8-14(20)17(21)13(18(16)25)9-22-23-19(26)12-6-10-4-2-3-5-11(10)7-15(12)24/h2-9,24-25H,1H3,(H,23,26). The third-order valence-electron chi connectivity index (χ3n) is 3.88. The van der Waals surface area contributed by atoms with Gasteiger partial charge in [-0.1, -0.05) is 24.3 Å². The van der Waals surface area contributed by atoms with Gasteiger partial charge in [-0.25, -0.2) is 5.43 Å². The van der Waals surface area contributed by atoms with Gasteiger partial charge >= 0.3 is 0 Å². The molecule has 1 amide bonds. The van der Waals surface area contributed by atoms with Crippen LogP contribution in [0.25, 0.3) is 10.8 Å². The molecule has 0 saturated heterocycles. The minimum atomic E-state index is -0.577. The molecule has 27 heavy (non-hydrogen) atoms. The van der Waals surface area contributed by atoms with Gasteiger partial charge < -0.3 is 14.9 Å². The first kappa shape index (κ1) is 19.2. The van der Waals surface area contributed by atoms with E-state index in [2.05, 4.69) is 42.4 Å². The predicted molar refractivity (Wildman–Crippen MR) is 111 cm³/mol. The van der Waals surface area contributed by atoms with E-state index in [0.29, 0.717) is 14.5 Å². The Labute approximate surface area is 171 Å². The van der Waals surface area contributed by atoms with E-state index in [1.54, 1.807) is 12.1 Å².